The van der Waals surface area contributed by atoms with Gasteiger partial charge in [0.1, 0.15) is 5.82 Å². The zero-order chi connectivity index (χ0) is 15.4. The first-order valence-electron chi connectivity index (χ1n) is 6.52. The Kier molecular flexibility index (Phi) is 4.85. The molecule has 0 radical (unpaired) electrons. The van der Waals surface area contributed by atoms with E-state index in [0.29, 0.717) is 22.8 Å². The molecule has 3 nitrogen and oxygen atoms in total. The Balaban J connectivity index is 2.63. The van der Waals surface area contributed by atoms with Crippen LogP contribution in [0.15, 0.2) is 47.4 Å². The van der Waals surface area contributed by atoms with Crippen LogP contribution in [0.3, 0.4) is 0 Å². The fourth-order valence-electron chi connectivity index (χ4n) is 2.27. The van der Waals surface area contributed by atoms with E-state index in [1.165, 1.54) is 17.8 Å². The van der Waals surface area contributed by atoms with E-state index in [1.807, 2.05) is 13.2 Å². The molecule has 0 aliphatic heterocycles. The zero-order valence-electron chi connectivity index (χ0n) is 11.8. The second-order valence-corrected chi connectivity index (χ2v) is 5.20. The molecule has 0 bridgehead atoms. The third-order valence-electron chi connectivity index (χ3n) is 3.19. The topological polar surface area (TPSA) is 40.5 Å². The van der Waals surface area contributed by atoms with Gasteiger partial charge in [0.25, 0.3) is 0 Å². The van der Waals surface area contributed by atoms with Crippen LogP contribution in [0, 0.1) is 5.82 Å². The molecule has 0 amide bonds. The van der Waals surface area contributed by atoms with Gasteiger partial charge in [0.2, 0.25) is 0 Å². The average molecular weight is 305 g/mol. The van der Waals surface area contributed by atoms with Crippen LogP contribution in [0.5, 0.6) is 0 Å². The van der Waals surface area contributed by atoms with E-state index in [-0.39, 0.29) is 11.4 Å². The molecule has 0 unspecified atom stereocenters. The van der Waals surface area contributed by atoms with Gasteiger partial charge in [-0.1, -0.05) is 18.2 Å². The number of nitrogens with zero attached hydrogens (tertiary/aromatic N) is 1. The Morgan fingerprint density at radius 2 is 1.86 bits per heavy atom. The summed E-state index contributed by atoms with van der Waals surface area (Å²) in [6.07, 6.45) is 1.82. The zero-order valence-corrected chi connectivity index (χ0v) is 12.7. The van der Waals surface area contributed by atoms with Crippen LogP contribution >= 0.6 is 11.8 Å². The molecule has 0 fully saturated rings. The highest BCUT2D eigenvalue weighted by molar-refractivity contribution is 7.98. The molecular weight excluding hydrogens is 289 g/mol. The largest absolute Gasteiger partial charge is 0.478 e. The number of para-hydroxylation sites is 1. The Hall–Kier alpha value is -2.01. The van der Waals surface area contributed by atoms with Gasteiger partial charge in [-0.25, -0.2) is 9.18 Å². The molecule has 1 N–H and O–H groups in total. The van der Waals surface area contributed by atoms with Gasteiger partial charge >= 0.3 is 5.97 Å². The number of carboxylic acid groups (broad SMARTS) is 1. The van der Waals surface area contributed by atoms with Crippen LogP contribution in [-0.2, 0) is 0 Å². The lowest BCUT2D eigenvalue weighted by Crippen LogP contribution is -2.20. The number of carboxylic acids is 1. The summed E-state index contributed by atoms with van der Waals surface area (Å²) < 4.78 is 14.0. The molecule has 0 saturated heterocycles. The number of halogens is 1. The van der Waals surface area contributed by atoms with Crippen molar-refractivity contribution in [3.8, 4) is 0 Å². The van der Waals surface area contributed by atoms with Crippen LogP contribution in [0.1, 0.15) is 17.3 Å². The quantitative estimate of drug-likeness (QED) is 0.831. The van der Waals surface area contributed by atoms with Gasteiger partial charge in [-0.05, 0) is 37.4 Å². The van der Waals surface area contributed by atoms with Gasteiger partial charge < -0.3 is 10.0 Å². The van der Waals surface area contributed by atoms with E-state index < -0.39 is 5.97 Å². The number of anilines is 2. The van der Waals surface area contributed by atoms with Crippen LogP contribution in [0.25, 0.3) is 0 Å². The second kappa shape index (κ2) is 6.63. The molecule has 0 aliphatic rings. The maximum Gasteiger partial charge on any atom is 0.338 e. The normalized spacial score (nSPS) is 10.4. The first-order chi connectivity index (χ1) is 10.1. The predicted octanol–water partition coefficient (Wildman–Crippen LogP) is 4.40. The monoisotopic (exact) mass is 305 g/mol. The van der Waals surface area contributed by atoms with Crippen molar-refractivity contribution in [1.82, 2.24) is 0 Å². The van der Waals surface area contributed by atoms with E-state index in [9.17, 15) is 14.3 Å². The van der Waals surface area contributed by atoms with Crippen LogP contribution < -0.4 is 4.90 Å². The van der Waals surface area contributed by atoms with Gasteiger partial charge in [-0.15, -0.1) is 11.8 Å². The highest BCUT2D eigenvalue weighted by Gasteiger charge is 2.21. The summed E-state index contributed by atoms with van der Waals surface area (Å²) in [5.74, 6) is -1.38. The third-order valence-corrected chi connectivity index (χ3v) is 3.97. The van der Waals surface area contributed by atoms with Gasteiger partial charge in [-0.2, -0.15) is 0 Å². The van der Waals surface area contributed by atoms with Crippen molar-refractivity contribution in [3.63, 3.8) is 0 Å². The van der Waals surface area contributed by atoms with Crippen molar-refractivity contribution in [3.05, 3.63) is 53.8 Å². The molecule has 0 heterocycles. The van der Waals surface area contributed by atoms with Crippen LogP contribution in [0.2, 0.25) is 0 Å². The van der Waals surface area contributed by atoms with Crippen LogP contribution in [0.4, 0.5) is 15.8 Å². The summed E-state index contributed by atoms with van der Waals surface area (Å²) in [4.78, 5) is 13.9. The lowest BCUT2D eigenvalue weighted by atomic mass is 10.1. The van der Waals surface area contributed by atoms with Gasteiger partial charge in [0.05, 0.1) is 16.9 Å². The van der Waals surface area contributed by atoms with Crippen LogP contribution in [-0.4, -0.2) is 23.9 Å². The number of benzene rings is 2. The molecule has 0 saturated carbocycles. The minimum absolute atomic E-state index is 0.204. The first-order valence-corrected chi connectivity index (χ1v) is 7.75. The number of hydrogen-bond acceptors (Lipinski definition) is 3. The van der Waals surface area contributed by atoms with E-state index in [1.54, 1.807) is 41.3 Å². The van der Waals surface area contributed by atoms with Crippen molar-refractivity contribution in [2.24, 2.45) is 0 Å². The molecular formula is C16H16FNO2S. The molecule has 110 valence electrons. The molecule has 0 atom stereocenters. The number of rotatable bonds is 5. The summed E-state index contributed by atoms with van der Waals surface area (Å²) in [5, 5.41) is 9.50. The Morgan fingerprint density at radius 1 is 1.19 bits per heavy atom. The third kappa shape index (κ3) is 3.03. The summed E-state index contributed by atoms with van der Waals surface area (Å²) in [7, 11) is 0. The molecule has 0 spiro atoms. The predicted molar refractivity (Wildman–Crippen MR) is 84.3 cm³/mol. The number of hydrogen-bond donors (Lipinski definition) is 1. The molecule has 0 aromatic heterocycles. The molecule has 21 heavy (non-hydrogen) atoms. The maximum atomic E-state index is 14.0. The lowest BCUT2D eigenvalue weighted by molar-refractivity contribution is 0.0694. The highest BCUT2D eigenvalue weighted by atomic mass is 32.2. The summed E-state index contributed by atoms with van der Waals surface area (Å²) in [5.41, 5.74) is 1.08. The fraction of sp³-hybridized carbons (Fsp3) is 0.188. The van der Waals surface area contributed by atoms with Gasteiger partial charge in [0, 0.05) is 11.4 Å². The Labute approximate surface area is 127 Å². The van der Waals surface area contributed by atoms with Crippen molar-refractivity contribution >= 4 is 29.1 Å². The van der Waals surface area contributed by atoms with Crippen molar-refractivity contribution in [1.29, 1.82) is 0 Å². The minimum atomic E-state index is -1.01. The summed E-state index contributed by atoms with van der Waals surface area (Å²) >= 11 is 1.36. The summed E-state index contributed by atoms with van der Waals surface area (Å²) in [6, 6.07) is 11.6. The Bertz CT molecular complexity index is 660. The SMILES string of the molecule is CCN(c1ccccc1F)c1cccc(SC)c1C(=O)O. The maximum absolute atomic E-state index is 14.0. The van der Waals surface area contributed by atoms with Crippen molar-refractivity contribution in [2.75, 3.05) is 17.7 Å². The lowest BCUT2D eigenvalue weighted by Gasteiger charge is -2.26. The smallest absolute Gasteiger partial charge is 0.338 e. The standard InChI is InChI=1S/C16H16FNO2S/c1-3-18(12-8-5-4-7-11(12)17)13-9-6-10-14(21-2)15(13)16(19)20/h4-10H,3H2,1-2H3,(H,19,20). The van der Waals surface area contributed by atoms with E-state index in [4.69, 9.17) is 0 Å². The molecule has 0 aliphatic carbocycles. The minimum Gasteiger partial charge on any atom is -0.478 e. The molecule has 2 rings (SSSR count). The highest BCUT2D eigenvalue weighted by Crippen LogP contribution is 2.34. The van der Waals surface area contributed by atoms with Gasteiger partial charge in [-0.3, -0.25) is 0 Å². The van der Waals surface area contributed by atoms with E-state index >= 15 is 0 Å². The first kappa shape index (κ1) is 15.4. The second-order valence-electron chi connectivity index (χ2n) is 4.36. The fourth-order valence-corrected chi connectivity index (χ4v) is 2.88. The summed E-state index contributed by atoms with van der Waals surface area (Å²) in [6.45, 7) is 2.34. The molecule has 2 aromatic rings. The van der Waals surface area contributed by atoms with Gasteiger partial charge in [0.15, 0.2) is 0 Å². The number of thioether (sulfide) groups is 1. The van der Waals surface area contributed by atoms with E-state index in [0.717, 1.165) is 0 Å². The average Bonchev–Trinajstić information content (AvgIpc) is 2.49. The van der Waals surface area contributed by atoms with Crippen molar-refractivity contribution in [2.45, 2.75) is 11.8 Å². The Morgan fingerprint density at radius 3 is 2.43 bits per heavy atom. The number of carbonyl (C=O) groups is 1. The van der Waals surface area contributed by atoms with E-state index in [2.05, 4.69) is 0 Å². The molecule has 5 heteroatoms. The number of aromatic carboxylic acids is 1. The van der Waals surface area contributed by atoms with Crippen molar-refractivity contribution < 1.29 is 14.3 Å². The molecule has 2 aromatic carbocycles.